The number of hydrogen-bond acceptors (Lipinski definition) is 2. The molecule has 1 unspecified atom stereocenters. The van der Waals surface area contributed by atoms with E-state index >= 15 is 0 Å². The largest absolute Gasteiger partial charge is 0.384 e. The van der Waals surface area contributed by atoms with Crippen molar-refractivity contribution in [1.29, 1.82) is 0 Å². The first kappa shape index (κ1) is 13.3. The van der Waals surface area contributed by atoms with Crippen LogP contribution in [0.2, 0.25) is 0 Å². The van der Waals surface area contributed by atoms with Gasteiger partial charge in [-0.15, -0.1) is 0 Å². The van der Waals surface area contributed by atoms with Crippen LogP contribution in [0.15, 0.2) is 24.3 Å². The Bertz CT molecular complexity index is 443. The summed E-state index contributed by atoms with van der Waals surface area (Å²) in [5.41, 5.74) is 1.41. The van der Waals surface area contributed by atoms with Gasteiger partial charge in [0.2, 0.25) is 5.91 Å². The highest BCUT2D eigenvalue weighted by molar-refractivity contribution is 5.93. The molecule has 0 radical (unpaired) electrons. The number of aliphatic hydroxyl groups is 1. The molecule has 0 saturated heterocycles. The Morgan fingerprint density at radius 1 is 1.47 bits per heavy atom. The number of para-hydroxylation sites is 1. The van der Waals surface area contributed by atoms with Crippen molar-refractivity contribution in [2.24, 2.45) is 5.92 Å². The van der Waals surface area contributed by atoms with E-state index in [4.69, 9.17) is 5.11 Å². The molecule has 2 N–H and O–H groups in total. The van der Waals surface area contributed by atoms with Gasteiger partial charge in [-0.2, -0.15) is 0 Å². The third-order valence-corrected chi connectivity index (χ3v) is 2.55. The zero-order chi connectivity index (χ0) is 12.7. The average Bonchev–Trinajstić information content (AvgIpc) is 2.36. The number of benzene rings is 1. The van der Waals surface area contributed by atoms with Crippen molar-refractivity contribution in [2.45, 2.75) is 20.3 Å². The van der Waals surface area contributed by atoms with Crippen LogP contribution in [0.4, 0.5) is 5.69 Å². The quantitative estimate of drug-likeness (QED) is 0.782. The molecule has 0 heterocycles. The van der Waals surface area contributed by atoms with Crippen LogP contribution in [0, 0.1) is 17.8 Å². The molecule has 3 heteroatoms. The van der Waals surface area contributed by atoms with Gasteiger partial charge in [0.1, 0.15) is 6.61 Å². The van der Waals surface area contributed by atoms with Crippen molar-refractivity contribution < 1.29 is 9.90 Å². The zero-order valence-electron chi connectivity index (χ0n) is 10.2. The summed E-state index contributed by atoms with van der Waals surface area (Å²) in [6, 6.07) is 7.31. The number of aliphatic hydroxyl groups excluding tert-OH is 1. The van der Waals surface area contributed by atoms with Crippen LogP contribution < -0.4 is 5.32 Å². The Morgan fingerprint density at radius 2 is 2.18 bits per heavy atom. The molecular weight excluding hydrogens is 214 g/mol. The fourth-order valence-electron chi connectivity index (χ4n) is 1.28. The van der Waals surface area contributed by atoms with Crippen LogP contribution >= 0.6 is 0 Å². The highest BCUT2D eigenvalue weighted by Gasteiger charge is 2.11. The van der Waals surface area contributed by atoms with Gasteiger partial charge < -0.3 is 10.4 Å². The van der Waals surface area contributed by atoms with Gasteiger partial charge in [0.15, 0.2) is 0 Å². The minimum Gasteiger partial charge on any atom is -0.384 e. The van der Waals surface area contributed by atoms with Crippen LogP contribution in [-0.4, -0.2) is 17.6 Å². The van der Waals surface area contributed by atoms with Crippen molar-refractivity contribution in [1.82, 2.24) is 0 Å². The number of nitrogens with one attached hydrogen (secondary N) is 1. The minimum absolute atomic E-state index is 0.00857. The molecule has 0 spiro atoms. The fraction of sp³-hybridized carbons (Fsp3) is 0.357. The standard InChI is InChI=1S/C14H17NO2/c1-3-11(2)14(17)15-13-9-5-4-7-12(13)8-6-10-16/h4-5,7,9,11,16H,3,10H2,1-2H3,(H,15,17). The summed E-state index contributed by atoms with van der Waals surface area (Å²) in [6.45, 7) is 3.67. The van der Waals surface area contributed by atoms with E-state index in [0.29, 0.717) is 5.69 Å². The lowest BCUT2D eigenvalue weighted by atomic mass is 10.1. The molecule has 1 aromatic carbocycles. The molecule has 1 aromatic rings. The van der Waals surface area contributed by atoms with Gasteiger partial charge >= 0.3 is 0 Å². The van der Waals surface area contributed by atoms with E-state index in [1.807, 2.05) is 38.1 Å². The van der Waals surface area contributed by atoms with Gasteiger partial charge in [-0.25, -0.2) is 0 Å². The Balaban J connectivity index is 2.87. The summed E-state index contributed by atoms with van der Waals surface area (Å²) in [5, 5.41) is 11.5. The lowest BCUT2D eigenvalue weighted by Gasteiger charge is -2.11. The predicted molar refractivity (Wildman–Crippen MR) is 68.5 cm³/mol. The molecule has 0 saturated carbocycles. The van der Waals surface area contributed by atoms with Gasteiger partial charge in [-0.1, -0.05) is 37.8 Å². The van der Waals surface area contributed by atoms with E-state index < -0.39 is 0 Å². The number of amides is 1. The van der Waals surface area contributed by atoms with Crippen LogP contribution in [0.3, 0.4) is 0 Å². The summed E-state index contributed by atoms with van der Waals surface area (Å²) >= 11 is 0. The third-order valence-electron chi connectivity index (χ3n) is 2.55. The van der Waals surface area contributed by atoms with Crippen molar-refractivity contribution in [2.75, 3.05) is 11.9 Å². The van der Waals surface area contributed by atoms with E-state index in [-0.39, 0.29) is 18.4 Å². The number of hydrogen-bond donors (Lipinski definition) is 2. The SMILES string of the molecule is CCC(C)C(=O)Nc1ccccc1C#CCO. The van der Waals surface area contributed by atoms with Crippen molar-refractivity contribution in [3.05, 3.63) is 29.8 Å². The number of rotatable bonds is 3. The Hall–Kier alpha value is -1.79. The maximum Gasteiger partial charge on any atom is 0.227 e. The van der Waals surface area contributed by atoms with Crippen molar-refractivity contribution in [3.8, 4) is 11.8 Å². The van der Waals surface area contributed by atoms with E-state index in [1.165, 1.54) is 0 Å². The number of anilines is 1. The molecule has 90 valence electrons. The molecule has 0 aliphatic heterocycles. The Labute approximate surface area is 102 Å². The first-order chi connectivity index (χ1) is 8.19. The van der Waals surface area contributed by atoms with Crippen LogP contribution in [0.5, 0.6) is 0 Å². The Morgan fingerprint density at radius 3 is 2.82 bits per heavy atom. The molecule has 0 aliphatic rings. The molecule has 1 rings (SSSR count). The second-order valence-corrected chi connectivity index (χ2v) is 3.80. The molecule has 0 aromatic heterocycles. The summed E-state index contributed by atoms with van der Waals surface area (Å²) in [6.07, 6.45) is 0.802. The summed E-state index contributed by atoms with van der Waals surface area (Å²) in [7, 11) is 0. The highest BCUT2D eigenvalue weighted by Crippen LogP contribution is 2.15. The second kappa shape index (κ2) is 6.72. The van der Waals surface area contributed by atoms with Gasteiger partial charge in [0.05, 0.1) is 5.69 Å². The topological polar surface area (TPSA) is 49.3 Å². The average molecular weight is 231 g/mol. The minimum atomic E-state index is -0.187. The number of carbonyl (C=O) groups is 1. The highest BCUT2D eigenvalue weighted by atomic mass is 16.2. The maximum atomic E-state index is 11.8. The summed E-state index contributed by atoms with van der Waals surface area (Å²) in [4.78, 5) is 11.8. The number of carbonyl (C=O) groups excluding carboxylic acids is 1. The van der Waals surface area contributed by atoms with E-state index in [9.17, 15) is 4.79 Å². The van der Waals surface area contributed by atoms with Gasteiger partial charge in [0, 0.05) is 11.5 Å². The maximum absolute atomic E-state index is 11.8. The van der Waals surface area contributed by atoms with Crippen LogP contribution in [0.1, 0.15) is 25.8 Å². The van der Waals surface area contributed by atoms with E-state index in [1.54, 1.807) is 0 Å². The molecule has 3 nitrogen and oxygen atoms in total. The predicted octanol–water partition coefficient (Wildman–Crippen LogP) is 2.02. The molecule has 1 amide bonds. The summed E-state index contributed by atoms with van der Waals surface area (Å²) < 4.78 is 0. The van der Waals surface area contributed by atoms with Crippen molar-refractivity contribution in [3.63, 3.8) is 0 Å². The Kier molecular flexibility index (Phi) is 5.25. The lowest BCUT2D eigenvalue weighted by molar-refractivity contribution is -0.119. The molecule has 17 heavy (non-hydrogen) atoms. The normalized spacial score (nSPS) is 11.2. The van der Waals surface area contributed by atoms with Gasteiger partial charge in [-0.3, -0.25) is 4.79 Å². The van der Waals surface area contributed by atoms with E-state index in [2.05, 4.69) is 17.2 Å². The fourth-order valence-corrected chi connectivity index (χ4v) is 1.28. The molecule has 0 aliphatic carbocycles. The first-order valence-electron chi connectivity index (χ1n) is 5.68. The van der Waals surface area contributed by atoms with Gasteiger partial charge in [0.25, 0.3) is 0 Å². The zero-order valence-corrected chi connectivity index (χ0v) is 10.2. The van der Waals surface area contributed by atoms with Crippen molar-refractivity contribution >= 4 is 11.6 Å². The first-order valence-corrected chi connectivity index (χ1v) is 5.68. The monoisotopic (exact) mass is 231 g/mol. The second-order valence-electron chi connectivity index (χ2n) is 3.80. The molecule has 0 bridgehead atoms. The smallest absolute Gasteiger partial charge is 0.227 e. The van der Waals surface area contributed by atoms with E-state index in [0.717, 1.165) is 12.0 Å². The van der Waals surface area contributed by atoms with Crippen LogP contribution in [0.25, 0.3) is 0 Å². The molecule has 0 fully saturated rings. The molecular formula is C14H17NO2. The summed E-state index contributed by atoms with van der Waals surface area (Å²) in [5.74, 6) is 5.36. The third kappa shape index (κ3) is 3.93. The van der Waals surface area contributed by atoms with Crippen LogP contribution in [-0.2, 0) is 4.79 Å². The van der Waals surface area contributed by atoms with Gasteiger partial charge in [-0.05, 0) is 18.6 Å². The molecule has 1 atom stereocenters. The lowest BCUT2D eigenvalue weighted by Crippen LogP contribution is -2.20.